The number of pyridine rings is 1. The van der Waals surface area contributed by atoms with Crippen molar-refractivity contribution in [1.29, 1.82) is 0 Å². The fourth-order valence-corrected chi connectivity index (χ4v) is 4.16. The molecule has 0 amide bonds. The molecule has 2 aromatic heterocycles. The molecule has 1 aliphatic rings. The number of nitrogens with zero attached hydrogens (tertiary/aromatic N) is 3. The first-order valence-corrected chi connectivity index (χ1v) is 10.6. The molecule has 0 bridgehead atoms. The molecule has 1 aliphatic heterocycles. The SMILES string of the molecule is Cc1cc(-c2nc3c(C)c(F)ccc3[nH]2)cnc1NCCCC1CCN(C)CC1. The average molecular weight is 396 g/mol. The van der Waals surface area contributed by atoms with E-state index in [1.54, 1.807) is 13.0 Å². The quantitative estimate of drug-likeness (QED) is 0.582. The van der Waals surface area contributed by atoms with Gasteiger partial charge in [0.25, 0.3) is 0 Å². The summed E-state index contributed by atoms with van der Waals surface area (Å²) in [7, 11) is 2.21. The Balaban J connectivity index is 1.37. The van der Waals surface area contributed by atoms with Gasteiger partial charge in [-0.2, -0.15) is 0 Å². The number of hydrogen-bond acceptors (Lipinski definition) is 4. The van der Waals surface area contributed by atoms with Crippen LogP contribution in [0.1, 0.15) is 36.8 Å². The van der Waals surface area contributed by atoms with E-state index in [1.165, 1.54) is 44.8 Å². The molecular formula is C23H30FN5. The zero-order valence-electron chi connectivity index (χ0n) is 17.6. The van der Waals surface area contributed by atoms with Gasteiger partial charge in [-0.1, -0.05) is 0 Å². The Morgan fingerprint density at radius 3 is 2.79 bits per heavy atom. The number of likely N-dealkylation sites (tertiary alicyclic amines) is 1. The number of rotatable bonds is 6. The highest BCUT2D eigenvalue weighted by Gasteiger charge is 2.16. The number of benzene rings is 1. The molecule has 0 unspecified atom stereocenters. The van der Waals surface area contributed by atoms with Gasteiger partial charge in [-0.25, -0.2) is 14.4 Å². The molecule has 3 aromatic rings. The van der Waals surface area contributed by atoms with E-state index in [2.05, 4.69) is 45.2 Å². The van der Waals surface area contributed by atoms with Gasteiger partial charge in [0, 0.05) is 23.9 Å². The third-order valence-electron chi connectivity index (χ3n) is 6.11. The van der Waals surface area contributed by atoms with Crippen LogP contribution in [0.15, 0.2) is 24.4 Å². The van der Waals surface area contributed by atoms with Crippen LogP contribution in [0.25, 0.3) is 22.4 Å². The van der Waals surface area contributed by atoms with E-state index in [4.69, 9.17) is 0 Å². The molecule has 2 N–H and O–H groups in total. The molecule has 29 heavy (non-hydrogen) atoms. The number of halogens is 1. The van der Waals surface area contributed by atoms with E-state index in [0.29, 0.717) is 11.1 Å². The number of aryl methyl sites for hydroxylation is 2. The van der Waals surface area contributed by atoms with Crippen molar-refractivity contribution in [3.8, 4) is 11.4 Å². The topological polar surface area (TPSA) is 56.8 Å². The number of anilines is 1. The average Bonchev–Trinajstić information content (AvgIpc) is 3.15. The Hall–Kier alpha value is -2.47. The van der Waals surface area contributed by atoms with Crippen molar-refractivity contribution in [2.24, 2.45) is 5.92 Å². The van der Waals surface area contributed by atoms with E-state index in [-0.39, 0.29) is 5.82 Å². The minimum absolute atomic E-state index is 0.232. The Kier molecular flexibility index (Phi) is 5.81. The van der Waals surface area contributed by atoms with Crippen molar-refractivity contribution in [2.45, 2.75) is 39.5 Å². The number of piperidine rings is 1. The predicted octanol–water partition coefficient (Wildman–Crippen LogP) is 4.91. The van der Waals surface area contributed by atoms with Crippen LogP contribution < -0.4 is 5.32 Å². The molecule has 0 atom stereocenters. The van der Waals surface area contributed by atoms with Gasteiger partial charge in [0.15, 0.2) is 0 Å². The summed E-state index contributed by atoms with van der Waals surface area (Å²) in [6.07, 6.45) is 6.93. The van der Waals surface area contributed by atoms with Crippen LogP contribution in [-0.4, -0.2) is 46.5 Å². The van der Waals surface area contributed by atoms with Crippen LogP contribution in [0.4, 0.5) is 10.2 Å². The lowest BCUT2D eigenvalue weighted by molar-refractivity contribution is 0.211. The summed E-state index contributed by atoms with van der Waals surface area (Å²) in [5.41, 5.74) is 4.08. The van der Waals surface area contributed by atoms with Crippen LogP contribution in [0.2, 0.25) is 0 Å². The van der Waals surface area contributed by atoms with E-state index >= 15 is 0 Å². The van der Waals surface area contributed by atoms with Gasteiger partial charge in [-0.3, -0.25) is 0 Å². The molecule has 0 spiro atoms. The number of fused-ring (bicyclic) bond motifs is 1. The lowest BCUT2D eigenvalue weighted by Crippen LogP contribution is -2.30. The molecule has 1 saturated heterocycles. The Labute approximate surface area is 171 Å². The van der Waals surface area contributed by atoms with Crippen molar-refractivity contribution in [1.82, 2.24) is 19.9 Å². The monoisotopic (exact) mass is 395 g/mol. The molecule has 3 heterocycles. The Morgan fingerprint density at radius 1 is 1.24 bits per heavy atom. The van der Waals surface area contributed by atoms with Crippen molar-refractivity contribution in [2.75, 3.05) is 32.0 Å². The summed E-state index contributed by atoms with van der Waals surface area (Å²) in [6.45, 7) is 7.22. The summed E-state index contributed by atoms with van der Waals surface area (Å²) in [4.78, 5) is 14.9. The van der Waals surface area contributed by atoms with Crippen molar-refractivity contribution in [3.63, 3.8) is 0 Å². The zero-order chi connectivity index (χ0) is 20.4. The highest BCUT2D eigenvalue weighted by atomic mass is 19.1. The maximum absolute atomic E-state index is 13.8. The van der Waals surface area contributed by atoms with E-state index in [9.17, 15) is 4.39 Å². The van der Waals surface area contributed by atoms with Gasteiger partial charge in [0.1, 0.15) is 17.5 Å². The molecule has 1 aromatic carbocycles. The van der Waals surface area contributed by atoms with Crippen molar-refractivity contribution >= 4 is 16.9 Å². The molecule has 5 nitrogen and oxygen atoms in total. The van der Waals surface area contributed by atoms with Crippen molar-refractivity contribution < 1.29 is 4.39 Å². The van der Waals surface area contributed by atoms with E-state index in [1.807, 2.05) is 6.20 Å². The number of nitrogens with one attached hydrogen (secondary N) is 2. The summed E-state index contributed by atoms with van der Waals surface area (Å²) in [5, 5.41) is 3.48. The first kappa shape index (κ1) is 19.8. The summed E-state index contributed by atoms with van der Waals surface area (Å²) in [5.74, 6) is 2.28. The highest BCUT2D eigenvalue weighted by molar-refractivity contribution is 5.82. The molecule has 154 valence electrons. The third-order valence-corrected chi connectivity index (χ3v) is 6.11. The number of H-pyrrole nitrogens is 1. The van der Waals surface area contributed by atoms with Gasteiger partial charge >= 0.3 is 0 Å². The fraction of sp³-hybridized carbons (Fsp3) is 0.478. The normalized spacial score (nSPS) is 15.9. The van der Waals surface area contributed by atoms with E-state index in [0.717, 1.165) is 40.7 Å². The lowest BCUT2D eigenvalue weighted by Gasteiger charge is -2.28. The third kappa shape index (κ3) is 4.42. The fourth-order valence-electron chi connectivity index (χ4n) is 4.16. The molecule has 4 rings (SSSR count). The van der Waals surface area contributed by atoms with Gasteiger partial charge < -0.3 is 15.2 Å². The van der Waals surface area contributed by atoms with Gasteiger partial charge in [0.2, 0.25) is 0 Å². The maximum Gasteiger partial charge on any atom is 0.140 e. The summed E-state index contributed by atoms with van der Waals surface area (Å²) in [6, 6.07) is 5.28. The minimum atomic E-state index is -0.232. The Bertz CT molecular complexity index is 988. The van der Waals surface area contributed by atoms with Crippen LogP contribution >= 0.6 is 0 Å². The van der Waals surface area contributed by atoms with E-state index < -0.39 is 0 Å². The largest absolute Gasteiger partial charge is 0.370 e. The van der Waals surface area contributed by atoms with Crippen LogP contribution in [0.5, 0.6) is 0 Å². The second kappa shape index (κ2) is 8.49. The minimum Gasteiger partial charge on any atom is -0.370 e. The molecule has 0 aliphatic carbocycles. The number of aromatic nitrogens is 3. The lowest BCUT2D eigenvalue weighted by atomic mass is 9.92. The van der Waals surface area contributed by atoms with Gasteiger partial charge in [0.05, 0.1) is 11.0 Å². The Morgan fingerprint density at radius 2 is 2.03 bits per heavy atom. The first-order valence-electron chi connectivity index (χ1n) is 10.6. The van der Waals surface area contributed by atoms with Gasteiger partial charge in [-0.05, 0) is 89.3 Å². The number of aromatic amines is 1. The molecule has 0 saturated carbocycles. The molecule has 6 heteroatoms. The second-order valence-corrected chi connectivity index (χ2v) is 8.36. The van der Waals surface area contributed by atoms with Gasteiger partial charge in [-0.15, -0.1) is 0 Å². The molecular weight excluding hydrogens is 365 g/mol. The summed E-state index contributed by atoms with van der Waals surface area (Å²) < 4.78 is 13.8. The molecule has 1 fully saturated rings. The van der Waals surface area contributed by atoms with Crippen LogP contribution in [0, 0.1) is 25.6 Å². The second-order valence-electron chi connectivity index (χ2n) is 8.36. The maximum atomic E-state index is 13.8. The van der Waals surface area contributed by atoms with Crippen LogP contribution in [0.3, 0.4) is 0 Å². The van der Waals surface area contributed by atoms with Crippen molar-refractivity contribution in [3.05, 3.63) is 41.3 Å². The zero-order valence-corrected chi connectivity index (χ0v) is 17.6. The highest BCUT2D eigenvalue weighted by Crippen LogP contribution is 2.26. The number of hydrogen-bond donors (Lipinski definition) is 2. The standard InChI is InChI=1S/C23H30FN5/c1-15-13-18(23-27-20-7-6-19(24)16(2)21(20)28-23)14-26-22(15)25-10-4-5-17-8-11-29(3)12-9-17/h6-7,13-14,17H,4-5,8-12H2,1-3H3,(H,25,26)(H,27,28). The molecule has 0 radical (unpaired) electrons. The smallest absolute Gasteiger partial charge is 0.140 e. The summed E-state index contributed by atoms with van der Waals surface area (Å²) >= 11 is 0. The van der Waals surface area contributed by atoms with Crippen LogP contribution in [-0.2, 0) is 0 Å². The predicted molar refractivity (Wildman–Crippen MR) is 117 cm³/mol. The first-order chi connectivity index (χ1) is 14.0. The number of imidazole rings is 1.